The van der Waals surface area contributed by atoms with Crippen molar-refractivity contribution in [3.8, 4) is 5.75 Å². The molecule has 2 atom stereocenters. The van der Waals surface area contributed by atoms with E-state index in [2.05, 4.69) is 5.32 Å². The number of hydrogen-bond donors (Lipinski definition) is 2. The molecule has 0 radical (unpaired) electrons. The molecule has 0 bridgehead atoms. The number of amides is 1. The zero-order valence-corrected chi connectivity index (χ0v) is 18.1. The largest absolute Gasteiger partial charge is 0.489 e. The Balaban J connectivity index is 1.44. The van der Waals surface area contributed by atoms with Crippen LogP contribution in [0.25, 0.3) is 5.57 Å². The molecule has 5 rings (SSSR count). The number of hydrogen-bond acceptors (Lipinski definition) is 3. The first kappa shape index (κ1) is 22.0. The third kappa shape index (κ3) is 4.51. The lowest BCUT2D eigenvalue weighted by Gasteiger charge is -2.38. The van der Waals surface area contributed by atoms with E-state index in [1.54, 1.807) is 0 Å². The number of nitrogens with one attached hydrogen (secondary N) is 1. The molecule has 33 heavy (non-hydrogen) atoms. The highest BCUT2D eigenvalue weighted by Gasteiger charge is 2.36. The first-order valence-electron chi connectivity index (χ1n) is 11.5. The smallest absolute Gasteiger partial charge is 0.416 e. The van der Waals surface area contributed by atoms with Crippen LogP contribution in [0.2, 0.25) is 0 Å². The number of fused-ring (bicyclic) bond motifs is 2. The SMILES string of the molecule is O=C(/C=C1\CC(C2CCC2)Oc2cc(C(F)(F)F)ccc21)Nc1cccc2c1CC(O)CC2. The third-order valence-electron chi connectivity index (χ3n) is 7.05. The molecule has 7 heteroatoms. The highest BCUT2D eigenvalue weighted by molar-refractivity contribution is 6.05. The first-order valence-corrected chi connectivity index (χ1v) is 11.5. The molecule has 2 aliphatic carbocycles. The molecule has 2 aromatic rings. The van der Waals surface area contributed by atoms with Crippen LogP contribution in [0.5, 0.6) is 5.75 Å². The van der Waals surface area contributed by atoms with Crippen LogP contribution in [0, 0.1) is 5.92 Å². The van der Waals surface area contributed by atoms with Gasteiger partial charge < -0.3 is 15.2 Å². The van der Waals surface area contributed by atoms with E-state index in [9.17, 15) is 23.1 Å². The summed E-state index contributed by atoms with van der Waals surface area (Å²) in [6.45, 7) is 0. The summed E-state index contributed by atoms with van der Waals surface area (Å²) in [7, 11) is 0. The number of carbonyl (C=O) groups excluding carboxylic acids is 1. The molecule has 4 nitrogen and oxygen atoms in total. The lowest BCUT2D eigenvalue weighted by Crippen LogP contribution is -2.34. The number of carbonyl (C=O) groups is 1. The molecule has 0 aromatic heterocycles. The predicted molar refractivity (Wildman–Crippen MR) is 119 cm³/mol. The second kappa shape index (κ2) is 8.52. The van der Waals surface area contributed by atoms with Crippen LogP contribution in [0.4, 0.5) is 18.9 Å². The van der Waals surface area contributed by atoms with Gasteiger partial charge in [0, 0.05) is 30.2 Å². The van der Waals surface area contributed by atoms with Crippen molar-refractivity contribution in [2.75, 3.05) is 5.32 Å². The average Bonchev–Trinajstić information content (AvgIpc) is 2.72. The van der Waals surface area contributed by atoms with Crippen molar-refractivity contribution in [1.29, 1.82) is 0 Å². The monoisotopic (exact) mass is 457 g/mol. The van der Waals surface area contributed by atoms with Gasteiger partial charge in [0.25, 0.3) is 0 Å². The number of alkyl halides is 3. The normalized spacial score (nSPS) is 23.8. The van der Waals surface area contributed by atoms with Crippen LogP contribution in [0.1, 0.15) is 54.4 Å². The molecule has 1 aliphatic heterocycles. The number of benzene rings is 2. The molecular weight excluding hydrogens is 431 g/mol. The molecular formula is C26H26F3NO3. The number of rotatable bonds is 3. The third-order valence-corrected chi connectivity index (χ3v) is 7.05. The quantitative estimate of drug-likeness (QED) is 0.596. The second-order valence-electron chi connectivity index (χ2n) is 9.26. The van der Waals surface area contributed by atoms with E-state index in [-0.39, 0.29) is 17.8 Å². The lowest BCUT2D eigenvalue weighted by molar-refractivity contribution is -0.137. The number of halogens is 3. The summed E-state index contributed by atoms with van der Waals surface area (Å²) in [5.74, 6) is 0.146. The Labute approximate surface area is 190 Å². The van der Waals surface area contributed by atoms with Crippen LogP contribution in [0.3, 0.4) is 0 Å². The van der Waals surface area contributed by atoms with Crippen LogP contribution in [-0.2, 0) is 23.8 Å². The Morgan fingerprint density at radius 1 is 1.12 bits per heavy atom. The molecule has 1 amide bonds. The number of anilines is 1. The van der Waals surface area contributed by atoms with Crippen LogP contribution in [0.15, 0.2) is 42.5 Å². The maximum Gasteiger partial charge on any atom is 0.416 e. The van der Waals surface area contributed by atoms with Gasteiger partial charge >= 0.3 is 6.18 Å². The Hall–Kier alpha value is -2.80. The lowest BCUT2D eigenvalue weighted by atomic mass is 9.77. The minimum absolute atomic E-state index is 0.187. The standard InChI is InChI=1S/C26H26F3NO3/c27-26(28,29)18-8-10-20-17(11-23(16-4-1-5-16)33-24(20)13-18)12-25(32)30-22-6-2-3-15-7-9-19(31)14-21(15)22/h2-3,6,8,10,12-13,16,19,23,31H,1,4-5,7,9,11,14H2,(H,30,32)/b17-12+. The molecule has 2 aromatic carbocycles. The molecule has 0 spiro atoms. The number of aliphatic hydroxyl groups is 1. The van der Waals surface area contributed by atoms with Gasteiger partial charge in [-0.3, -0.25) is 4.79 Å². The number of aryl methyl sites for hydroxylation is 1. The number of aliphatic hydroxyl groups excluding tert-OH is 1. The van der Waals surface area contributed by atoms with Crippen molar-refractivity contribution in [2.24, 2.45) is 5.92 Å². The van der Waals surface area contributed by atoms with Crippen LogP contribution >= 0.6 is 0 Å². The summed E-state index contributed by atoms with van der Waals surface area (Å²) in [5.41, 5.74) is 3.19. The van der Waals surface area contributed by atoms with Gasteiger partial charge in [0.05, 0.1) is 11.7 Å². The summed E-state index contributed by atoms with van der Waals surface area (Å²) in [5, 5.41) is 13.0. The fraction of sp³-hybridized carbons (Fsp3) is 0.423. The maximum atomic E-state index is 13.3. The van der Waals surface area contributed by atoms with E-state index in [1.807, 2.05) is 18.2 Å². The minimum atomic E-state index is -4.46. The maximum absolute atomic E-state index is 13.3. The fourth-order valence-electron chi connectivity index (χ4n) is 5.02. The Bertz CT molecular complexity index is 1100. The van der Waals surface area contributed by atoms with Gasteiger partial charge in [0.15, 0.2) is 0 Å². The Morgan fingerprint density at radius 2 is 1.94 bits per heavy atom. The van der Waals surface area contributed by atoms with E-state index >= 15 is 0 Å². The average molecular weight is 457 g/mol. The summed E-state index contributed by atoms with van der Waals surface area (Å²) >= 11 is 0. The van der Waals surface area contributed by atoms with Gasteiger partial charge in [-0.1, -0.05) is 24.6 Å². The van der Waals surface area contributed by atoms with Gasteiger partial charge in [-0.25, -0.2) is 0 Å². The molecule has 3 aliphatic rings. The van der Waals surface area contributed by atoms with E-state index in [1.165, 1.54) is 12.1 Å². The van der Waals surface area contributed by atoms with Gasteiger partial charge in [-0.05, 0) is 66.5 Å². The summed E-state index contributed by atoms with van der Waals surface area (Å²) in [6.07, 6.45) is 1.86. The summed E-state index contributed by atoms with van der Waals surface area (Å²) in [6, 6.07) is 9.18. The number of ether oxygens (including phenoxy) is 1. The van der Waals surface area contributed by atoms with Crippen LogP contribution in [-0.4, -0.2) is 23.2 Å². The van der Waals surface area contributed by atoms with Crippen molar-refractivity contribution >= 4 is 17.2 Å². The van der Waals surface area contributed by atoms with Crippen LogP contribution < -0.4 is 10.1 Å². The molecule has 2 N–H and O–H groups in total. The van der Waals surface area contributed by atoms with E-state index in [0.717, 1.165) is 48.9 Å². The highest BCUT2D eigenvalue weighted by Crippen LogP contribution is 2.44. The molecule has 1 fully saturated rings. The minimum Gasteiger partial charge on any atom is -0.489 e. The Kier molecular flexibility index (Phi) is 5.69. The van der Waals surface area contributed by atoms with E-state index < -0.39 is 17.8 Å². The van der Waals surface area contributed by atoms with Gasteiger partial charge in [0.1, 0.15) is 11.9 Å². The summed E-state index contributed by atoms with van der Waals surface area (Å²) in [4.78, 5) is 13.0. The zero-order chi connectivity index (χ0) is 23.2. The van der Waals surface area contributed by atoms with Crippen molar-refractivity contribution in [2.45, 2.75) is 63.3 Å². The van der Waals surface area contributed by atoms with Crippen molar-refractivity contribution < 1.29 is 27.8 Å². The molecule has 1 saturated carbocycles. The van der Waals surface area contributed by atoms with Crippen molar-refractivity contribution in [3.05, 3.63) is 64.7 Å². The Morgan fingerprint density at radius 3 is 2.67 bits per heavy atom. The topological polar surface area (TPSA) is 58.6 Å². The highest BCUT2D eigenvalue weighted by atomic mass is 19.4. The van der Waals surface area contributed by atoms with Gasteiger partial charge in [-0.15, -0.1) is 0 Å². The van der Waals surface area contributed by atoms with E-state index in [4.69, 9.17) is 4.74 Å². The van der Waals surface area contributed by atoms with Gasteiger partial charge in [0.2, 0.25) is 5.91 Å². The molecule has 0 saturated heterocycles. The summed E-state index contributed by atoms with van der Waals surface area (Å²) < 4.78 is 45.7. The van der Waals surface area contributed by atoms with Crippen molar-refractivity contribution in [1.82, 2.24) is 0 Å². The van der Waals surface area contributed by atoms with Gasteiger partial charge in [-0.2, -0.15) is 13.2 Å². The first-order chi connectivity index (χ1) is 15.8. The predicted octanol–water partition coefficient (Wildman–Crippen LogP) is 5.53. The molecule has 174 valence electrons. The van der Waals surface area contributed by atoms with E-state index in [0.29, 0.717) is 42.0 Å². The van der Waals surface area contributed by atoms with Crippen molar-refractivity contribution in [3.63, 3.8) is 0 Å². The zero-order valence-electron chi connectivity index (χ0n) is 18.1. The second-order valence-corrected chi connectivity index (χ2v) is 9.26. The molecule has 1 heterocycles. The fourth-order valence-corrected chi connectivity index (χ4v) is 5.02. The molecule has 2 unspecified atom stereocenters.